The second-order valence-electron chi connectivity index (χ2n) is 11.0. The zero-order valence-corrected chi connectivity index (χ0v) is 22.1. The Bertz CT molecular complexity index is 1380. The van der Waals surface area contributed by atoms with Gasteiger partial charge in [-0.1, -0.05) is 36.6 Å². The van der Waals surface area contributed by atoms with Crippen LogP contribution < -0.4 is 10.4 Å². The highest BCUT2D eigenvalue weighted by Crippen LogP contribution is 2.40. The topological polar surface area (TPSA) is 80.0 Å². The van der Waals surface area contributed by atoms with E-state index in [4.69, 9.17) is 9.15 Å². The number of rotatable bonds is 6. The number of carbonyl (C=O) groups is 1. The lowest BCUT2D eigenvalue weighted by atomic mass is 9.71. The minimum absolute atomic E-state index is 0.0433. The molecule has 2 aliphatic rings. The van der Waals surface area contributed by atoms with Crippen molar-refractivity contribution in [2.24, 2.45) is 5.92 Å². The fourth-order valence-corrected chi connectivity index (χ4v) is 6.06. The van der Waals surface area contributed by atoms with Crippen molar-refractivity contribution in [3.8, 4) is 5.75 Å². The Morgan fingerprint density at radius 1 is 1.14 bits per heavy atom. The number of hydrogen-bond donors (Lipinski definition) is 1. The van der Waals surface area contributed by atoms with Gasteiger partial charge in [0.25, 0.3) is 0 Å². The van der Waals surface area contributed by atoms with Gasteiger partial charge in [0.2, 0.25) is 5.91 Å². The molecule has 2 aromatic carbocycles. The van der Waals surface area contributed by atoms with Gasteiger partial charge in [-0.05, 0) is 75.3 Å². The third kappa shape index (κ3) is 5.30. The molecule has 6 heteroatoms. The SMILES string of the molecule is Cc1ccc(C)c(COc2ccc3c(C)c(CCC(=O)N4CC[C@@]5(O)CCCC[C@H]5C4)c(=O)oc3c2)c1. The normalized spacial score (nSPS) is 21.6. The van der Waals surface area contributed by atoms with Gasteiger partial charge in [0.05, 0.1) is 5.60 Å². The fourth-order valence-electron chi connectivity index (χ4n) is 6.06. The van der Waals surface area contributed by atoms with E-state index in [1.807, 2.05) is 24.0 Å². The van der Waals surface area contributed by atoms with E-state index < -0.39 is 11.2 Å². The molecule has 6 nitrogen and oxygen atoms in total. The molecule has 37 heavy (non-hydrogen) atoms. The molecule has 196 valence electrons. The molecule has 0 unspecified atom stereocenters. The number of carbonyl (C=O) groups excluding carboxylic acids is 1. The summed E-state index contributed by atoms with van der Waals surface area (Å²) in [7, 11) is 0. The van der Waals surface area contributed by atoms with Crippen LogP contribution in [0.5, 0.6) is 5.75 Å². The third-order valence-corrected chi connectivity index (χ3v) is 8.53. The first kappa shape index (κ1) is 25.5. The average molecular weight is 504 g/mol. The van der Waals surface area contributed by atoms with Crippen LogP contribution in [0.25, 0.3) is 11.0 Å². The van der Waals surface area contributed by atoms with Gasteiger partial charge >= 0.3 is 5.63 Å². The van der Waals surface area contributed by atoms with Crippen molar-refractivity contribution >= 4 is 16.9 Å². The van der Waals surface area contributed by atoms with Gasteiger partial charge in [-0.15, -0.1) is 0 Å². The van der Waals surface area contributed by atoms with Crippen LogP contribution in [0.1, 0.15) is 66.3 Å². The molecule has 2 atom stereocenters. The predicted octanol–water partition coefficient (Wildman–Crippen LogP) is 5.38. The molecule has 2 heterocycles. The van der Waals surface area contributed by atoms with E-state index in [-0.39, 0.29) is 18.2 Å². The van der Waals surface area contributed by atoms with Crippen LogP contribution in [0, 0.1) is 26.7 Å². The number of likely N-dealkylation sites (tertiary alicyclic amines) is 1. The minimum atomic E-state index is -0.605. The van der Waals surface area contributed by atoms with E-state index in [9.17, 15) is 14.7 Å². The van der Waals surface area contributed by atoms with Crippen LogP contribution in [-0.4, -0.2) is 34.6 Å². The molecule has 1 saturated heterocycles. The Labute approximate surface area is 218 Å². The molecule has 1 N–H and O–H groups in total. The average Bonchev–Trinajstić information content (AvgIpc) is 2.88. The second-order valence-corrected chi connectivity index (χ2v) is 11.0. The van der Waals surface area contributed by atoms with Gasteiger partial charge in [-0.3, -0.25) is 4.79 Å². The molecule has 1 aromatic heterocycles. The van der Waals surface area contributed by atoms with Crippen LogP contribution >= 0.6 is 0 Å². The first-order valence-corrected chi connectivity index (χ1v) is 13.5. The highest BCUT2D eigenvalue weighted by molar-refractivity contribution is 5.83. The predicted molar refractivity (Wildman–Crippen MR) is 144 cm³/mol. The lowest BCUT2D eigenvalue weighted by Crippen LogP contribution is -2.54. The minimum Gasteiger partial charge on any atom is -0.489 e. The maximum atomic E-state index is 13.0. The molecular weight excluding hydrogens is 466 g/mol. The van der Waals surface area contributed by atoms with Crippen LogP contribution in [0.4, 0.5) is 0 Å². The smallest absolute Gasteiger partial charge is 0.339 e. The quantitative estimate of drug-likeness (QED) is 0.457. The molecule has 0 bridgehead atoms. The molecule has 1 saturated carbocycles. The first-order valence-electron chi connectivity index (χ1n) is 13.5. The lowest BCUT2D eigenvalue weighted by molar-refractivity contribution is -0.143. The van der Waals surface area contributed by atoms with Crippen molar-refractivity contribution < 1.29 is 19.1 Å². The molecule has 1 aliphatic heterocycles. The number of aliphatic hydroxyl groups is 1. The van der Waals surface area contributed by atoms with Crippen LogP contribution in [0.3, 0.4) is 0 Å². The van der Waals surface area contributed by atoms with E-state index in [1.54, 1.807) is 6.07 Å². The monoisotopic (exact) mass is 503 g/mol. The highest BCUT2D eigenvalue weighted by atomic mass is 16.5. The summed E-state index contributed by atoms with van der Waals surface area (Å²) in [5.74, 6) is 0.853. The lowest BCUT2D eigenvalue weighted by Gasteiger charge is -2.47. The molecule has 0 radical (unpaired) electrons. The maximum Gasteiger partial charge on any atom is 0.339 e. The van der Waals surface area contributed by atoms with Crippen molar-refractivity contribution in [1.82, 2.24) is 4.90 Å². The zero-order valence-electron chi connectivity index (χ0n) is 22.1. The summed E-state index contributed by atoms with van der Waals surface area (Å²) in [6, 6.07) is 11.9. The summed E-state index contributed by atoms with van der Waals surface area (Å²) in [5, 5.41) is 11.8. The number of fused-ring (bicyclic) bond motifs is 2. The summed E-state index contributed by atoms with van der Waals surface area (Å²) in [6.07, 6.45) is 5.26. The molecule has 2 fully saturated rings. The summed E-state index contributed by atoms with van der Waals surface area (Å²) in [4.78, 5) is 27.8. The number of nitrogens with zero attached hydrogens (tertiary/aromatic N) is 1. The first-order chi connectivity index (χ1) is 17.7. The van der Waals surface area contributed by atoms with E-state index in [1.165, 1.54) is 11.1 Å². The largest absolute Gasteiger partial charge is 0.489 e. The van der Waals surface area contributed by atoms with Crippen molar-refractivity contribution in [2.45, 2.75) is 77.9 Å². The molecule has 1 aliphatic carbocycles. The molecule has 1 amide bonds. The van der Waals surface area contributed by atoms with Gasteiger partial charge in [0.15, 0.2) is 0 Å². The Morgan fingerprint density at radius 2 is 1.97 bits per heavy atom. The number of amides is 1. The Kier molecular flexibility index (Phi) is 7.13. The fraction of sp³-hybridized carbons (Fsp3) is 0.484. The van der Waals surface area contributed by atoms with E-state index in [2.05, 4.69) is 32.0 Å². The molecular formula is C31H37NO5. The van der Waals surface area contributed by atoms with Crippen molar-refractivity contribution in [2.75, 3.05) is 13.1 Å². The number of ether oxygens (including phenoxy) is 1. The van der Waals surface area contributed by atoms with Gasteiger partial charge in [0.1, 0.15) is 17.9 Å². The van der Waals surface area contributed by atoms with Gasteiger partial charge in [-0.25, -0.2) is 4.79 Å². The highest BCUT2D eigenvalue weighted by Gasteiger charge is 2.43. The van der Waals surface area contributed by atoms with Crippen molar-refractivity contribution in [3.05, 3.63) is 74.6 Å². The third-order valence-electron chi connectivity index (χ3n) is 8.53. The Hall–Kier alpha value is -3.12. The summed E-state index contributed by atoms with van der Waals surface area (Å²) >= 11 is 0. The Morgan fingerprint density at radius 3 is 2.81 bits per heavy atom. The van der Waals surface area contributed by atoms with E-state index >= 15 is 0 Å². The molecule has 3 aromatic rings. The van der Waals surface area contributed by atoms with E-state index in [0.29, 0.717) is 49.4 Å². The summed E-state index contributed by atoms with van der Waals surface area (Å²) in [5.41, 5.74) is 4.37. The van der Waals surface area contributed by atoms with Crippen LogP contribution in [-0.2, 0) is 17.8 Å². The number of hydrogen-bond acceptors (Lipinski definition) is 5. The standard InChI is InChI=1S/C31H37NO5/c1-20-7-8-21(2)23(16-20)19-36-25-9-10-26-22(3)27(30(34)37-28(26)17-25)11-12-29(33)32-15-14-31(35)13-5-4-6-24(31)18-32/h7-10,16-17,24,35H,4-6,11-15,18-19H2,1-3H3/t24-,31-/m0/s1. The van der Waals surface area contributed by atoms with Crippen LogP contribution in [0.2, 0.25) is 0 Å². The number of piperidine rings is 1. The van der Waals surface area contributed by atoms with Gasteiger partial charge in [-0.2, -0.15) is 0 Å². The van der Waals surface area contributed by atoms with E-state index in [0.717, 1.165) is 42.2 Å². The Balaban J connectivity index is 1.26. The number of aryl methyl sites for hydroxylation is 3. The maximum absolute atomic E-state index is 13.0. The second kappa shape index (κ2) is 10.3. The van der Waals surface area contributed by atoms with Crippen LogP contribution in [0.15, 0.2) is 45.6 Å². The van der Waals surface area contributed by atoms with Crippen molar-refractivity contribution in [1.29, 1.82) is 0 Å². The summed E-state index contributed by atoms with van der Waals surface area (Å²) < 4.78 is 11.7. The van der Waals surface area contributed by atoms with Gasteiger partial charge in [0, 0.05) is 42.4 Å². The summed E-state index contributed by atoms with van der Waals surface area (Å²) in [6.45, 7) is 7.68. The van der Waals surface area contributed by atoms with Crippen molar-refractivity contribution in [3.63, 3.8) is 0 Å². The zero-order chi connectivity index (χ0) is 26.2. The molecule has 5 rings (SSSR count). The molecule has 0 spiro atoms. The number of benzene rings is 2. The van der Waals surface area contributed by atoms with Gasteiger partial charge < -0.3 is 19.2 Å².